The Kier molecular flexibility index (Phi) is 4.33. The summed E-state index contributed by atoms with van der Waals surface area (Å²) in [7, 11) is 0. The molecule has 130 valence electrons. The number of carboxylic acid groups (broad SMARTS) is 2. The molecule has 6 nitrogen and oxygen atoms in total. The lowest BCUT2D eigenvalue weighted by atomic mass is 9.89. The molecule has 0 atom stereocenters. The molecule has 0 spiro atoms. The molecule has 3 rings (SSSR count). The van der Waals surface area contributed by atoms with Crippen molar-refractivity contribution in [2.75, 3.05) is 11.5 Å². The number of hydrogen-bond donors (Lipinski definition) is 4. The summed E-state index contributed by atoms with van der Waals surface area (Å²) in [5, 5.41) is 19.0. The third kappa shape index (κ3) is 3.08. The minimum absolute atomic E-state index is 0.0763. The van der Waals surface area contributed by atoms with Gasteiger partial charge in [0.2, 0.25) is 0 Å². The van der Waals surface area contributed by atoms with Gasteiger partial charge in [-0.05, 0) is 58.7 Å². The molecule has 3 aromatic carbocycles. The summed E-state index contributed by atoms with van der Waals surface area (Å²) in [6, 6.07) is 16.0. The Morgan fingerprint density at radius 1 is 0.615 bits per heavy atom. The number of anilines is 2. The largest absolute Gasteiger partial charge is 0.478 e. The fraction of sp³-hybridized carbons (Fsp3) is 0. The van der Waals surface area contributed by atoms with Gasteiger partial charge in [-0.1, -0.05) is 24.3 Å². The predicted octanol–water partition coefficient (Wildman–Crippen LogP) is 3.58. The first kappa shape index (κ1) is 17.0. The number of carbonyl (C=O) groups is 2. The molecule has 0 bridgehead atoms. The summed E-state index contributed by atoms with van der Waals surface area (Å²) in [4.78, 5) is 23.3. The van der Waals surface area contributed by atoms with Gasteiger partial charge in [-0.15, -0.1) is 0 Å². The molecule has 6 N–H and O–H groups in total. The normalized spacial score (nSPS) is 10.5. The van der Waals surface area contributed by atoms with Crippen molar-refractivity contribution >= 4 is 23.3 Å². The lowest BCUT2D eigenvalue weighted by molar-refractivity contribution is 0.0686. The minimum atomic E-state index is -1.10. The first-order chi connectivity index (χ1) is 12.4. The monoisotopic (exact) mass is 348 g/mol. The third-order valence-electron chi connectivity index (χ3n) is 4.06. The van der Waals surface area contributed by atoms with E-state index in [-0.39, 0.29) is 11.1 Å². The van der Waals surface area contributed by atoms with Gasteiger partial charge >= 0.3 is 11.9 Å². The maximum absolute atomic E-state index is 11.6. The van der Waals surface area contributed by atoms with E-state index >= 15 is 0 Å². The number of aromatic carboxylic acids is 2. The maximum Gasteiger partial charge on any atom is 0.336 e. The summed E-state index contributed by atoms with van der Waals surface area (Å²) in [5.41, 5.74) is 14.6. The van der Waals surface area contributed by atoms with Crippen LogP contribution in [0.15, 0.2) is 60.7 Å². The summed E-state index contributed by atoms with van der Waals surface area (Å²) in [6.45, 7) is 0. The van der Waals surface area contributed by atoms with E-state index in [1.165, 1.54) is 24.3 Å². The highest BCUT2D eigenvalue weighted by Crippen LogP contribution is 2.37. The molecule has 0 amide bonds. The second-order valence-electron chi connectivity index (χ2n) is 5.77. The van der Waals surface area contributed by atoms with Gasteiger partial charge in [-0.3, -0.25) is 0 Å². The third-order valence-corrected chi connectivity index (χ3v) is 4.06. The number of benzene rings is 3. The summed E-state index contributed by atoms with van der Waals surface area (Å²) >= 11 is 0. The first-order valence-corrected chi connectivity index (χ1v) is 7.74. The summed E-state index contributed by atoms with van der Waals surface area (Å²) in [5.74, 6) is -2.19. The van der Waals surface area contributed by atoms with Crippen molar-refractivity contribution in [2.24, 2.45) is 0 Å². The molecule has 0 aliphatic heterocycles. The Morgan fingerprint density at radius 2 is 1.00 bits per heavy atom. The molecule has 0 saturated heterocycles. The van der Waals surface area contributed by atoms with Crippen LogP contribution in [-0.2, 0) is 0 Å². The molecule has 0 fully saturated rings. The number of nitrogens with two attached hydrogens (primary N) is 2. The second kappa shape index (κ2) is 6.60. The molecule has 6 heteroatoms. The van der Waals surface area contributed by atoms with E-state index in [0.29, 0.717) is 33.6 Å². The van der Waals surface area contributed by atoms with Crippen molar-refractivity contribution in [3.8, 4) is 22.3 Å². The number of rotatable bonds is 4. The van der Waals surface area contributed by atoms with Crippen LogP contribution in [0.5, 0.6) is 0 Å². The zero-order valence-electron chi connectivity index (χ0n) is 13.6. The van der Waals surface area contributed by atoms with Crippen LogP contribution in [0.3, 0.4) is 0 Å². The van der Waals surface area contributed by atoms with Crippen LogP contribution in [0.2, 0.25) is 0 Å². The van der Waals surface area contributed by atoms with Crippen molar-refractivity contribution < 1.29 is 19.8 Å². The highest BCUT2D eigenvalue weighted by molar-refractivity contribution is 6.03. The topological polar surface area (TPSA) is 127 Å². The Morgan fingerprint density at radius 3 is 1.35 bits per heavy atom. The van der Waals surface area contributed by atoms with Gasteiger partial charge in [0.25, 0.3) is 0 Å². The minimum Gasteiger partial charge on any atom is -0.478 e. The number of carboxylic acids is 2. The quantitative estimate of drug-likeness (QED) is 0.534. The lowest BCUT2D eigenvalue weighted by Gasteiger charge is -2.15. The van der Waals surface area contributed by atoms with Gasteiger partial charge in [0.15, 0.2) is 0 Å². The van der Waals surface area contributed by atoms with E-state index in [1.807, 2.05) is 0 Å². The van der Waals surface area contributed by atoms with Crippen molar-refractivity contribution in [2.45, 2.75) is 0 Å². The van der Waals surface area contributed by atoms with Crippen LogP contribution in [0, 0.1) is 0 Å². The molecule has 26 heavy (non-hydrogen) atoms. The van der Waals surface area contributed by atoms with Gasteiger partial charge in [0.05, 0.1) is 11.1 Å². The van der Waals surface area contributed by atoms with Gasteiger partial charge in [-0.25, -0.2) is 9.59 Å². The van der Waals surface area contributed by atoms with Crippen molar-refractivity contribution in [1.82, 2.24) is 0 Å². The fourth-order valence-electron chi connectivity index (χ4n) is 2.90. The maximum atomic E-state index is 11.6. The Bertz CT molecular complexity index is 946. The average Bonchev–Trinajstić information content (AvgIpc) is 2.61. The van der Waals surface area contributed by atoms with Crippen LogP contribution in [-0.4, -0.2) is 22.2 Å². The zero-order chi connectivity index (χ0) is 18.8. The molecule has 0 aromatic heterocycles. The van der Waals surface area contributed by atoms with Crippen LogP contribution < -0.4 is 11.5 Å². The van der Waals surface area contributed by atoms with Crippen LogP contribution in [0.1, 0.15) is 20.7 Å². The Labute approximate surface area is 149 Å². The Hall–Kier alpha value is -3.80. The van der Waals surface area contributed by atoms with E-state index in [2.05, 4.69) is 0 Å². The molecule has 0 aliphatic carbocycles. The second-order valence-corrected chi connectivity index (χ2v) is 5.77. The van der Waals surface area contributed by atoms with E-state index in [0.717, 1.165) is 0 Å². The smallest absolute Gasteiger partial charge is 0.336 e. The molecular formula is C20H16N2O4. The SMILES string of the molecule is Nc1ccc(C(=O)O)c(-c2ccccc2-c2cc(N)ccc2C(=O)O)c1. The summed E-state index contributed by atoms with van der Waals surface area (Å²) < 4.78 is 0. The van der Waals surface area contributed by atoms with Gasteiger partial charge in [0.1, 0.15) is 0 Å². The van der Waals surface area contributed by atoms with Crippen LogP contribution in [0.25, 0.3) is 22.3 Å². The molecule has 0 aliphatic rings. The molecule has 0 heterocycles. The standard InChI is InChI=1S/C20H16N2O4/c21-11-5-7-15(19(23)24)17(9-11)13-3-1-2-4-14(13)18-10-12(22)6-8-16(18)20(25)26/h1-10H,21-22H2,(H,23,24)(H,25,26). The van der Waals surface area contributed by atoms with Crippen molar-refractivity contribution in [3.05, 3.63) is 71.8 Å². The number of nitrogen functional groups attached to an aromatic ring is 2. The van der Waals surface area contributed by atoms with Crippen molar-refractivity contribution in [1.29, 1.82) is 0 Å². The summed E-state index contributed by atoms with van der Waals surface area (Å²) in [6.07, 6.45) is 0. The van der Waals surface area contributed by atoms with E-state index < -0.39 is 11.9 Å². The van der Waals surface area contributed by atoms with E-state index in [9.17, 15) is 19.8 Å². The molecule has 3 aromatic rings. The first-order valence-electron chi connectivity index (χ1n) is 7.74. The van der Waals surface area contributed by atoms with Gasteiger partial charge in [-0.2, -0.15) is 0 Å². The Balaban J connectivity index is 2.34. The van der Waals surface area contributed by atoms with E-state index in [4.69, 9.17) is 11.5 Å². The predicted molar refractivity (Wildman–Crippen MR) is 100 cm³/mol. The van der Waals surface area contributed by atoms with Crippen LogP contribution >= 0.6 is 0 Å². The molecule has 0 unspecified atom stereocenters. The zero-order valence-corrected chi connectivity index (χ0v) is 13.6. The van der Waals surface area contributed by atoms with E-state index in [1.54, 1.807) is 36.4 Å². The van der Waals surface area contributed by atoms with Crippen molar-refractivity contribution in [3.63, 3.8) is 0 Å². The number of hydrogen-bond acceptors (Lipinski definition) is 4. The van der Waals surface area contributed by atoms with Crippen LogP contribution in [0.4, 0.5) is 11.4 Å². The molecule has 0 radical (unpaired) electrons. The highest BCUT2D eigenvalue weighted by atomic mass is 16.4. The average molecular weight is 348 g/mol. The lowest BCUT2D eigenvalue weighted by Crippen LogP contribution is -2.04. The fourth-order valence-corrected chi connectivity index (χ4v) is 2.90. The molecular weight excluding hydrogens is 332 g/mol. The van der Waals surface area contributed by atoms with Gasteiger partial charge in [0, 0.05) is 11.4 Å². The molecule has 0 saturated carbocycles. The van der Waals surface area contributed by atoms with Gasteiger partial charge < -0.3 is 21.7 Å². The highest BCUT2D eigenvalue weighted by Gasteiger charge is 2.19.